The van der Waals surface area contributed by atoms with E-state index in [4.69, 9.17) is 4.74 Å². The second-order valence-corrected chi connectivity index (χ2v) is 9.10. The lowest BCUT2D eigenvalue weighted by Crippen LogP contribution is -2.38. The van der Waals surface area contributed by atoms with Gasteiger partial charge in [0.05, 0.1) is 12.0 Å². The highest BCUT2D eigenvalue weighted by atomic mass is 32.2. The molecule has 1 N–H and O–H groups in total. The fourth-order valence-electron chi connectivity index (χ4n) is 4.25. The Kier molecular flexibility index (Phi) is 4.45. The lowest BCUT2D eigenvalue weighted by Gasteiger charge is -2.24. The molecular formula is C18H27NO3S. The molecule has 0 aromatic heterocycles. The van der Waals surface area contributed by atoms with E-state index >= 15 is 0 Å². The number of ether oxygens (including phenoxy) is 1. The summed E-state index contributed by atoms with van der Waals surface area (Å²) in [5, 5.41) is 0. The number of fused-ring (bicyclic) bond motifs is 2. The SMILES string of the molecule is COc1cc(C)c(S(=O)(=O)N[C@@H]2C[C@@H]3CC[C@@H]2C3)cc1C(C)C. The maximum Gasteiger partial charge on any atom is 0.241 e. The molecule has 0 saturated heterocycles. The summed E-state index contributed by atoms with van der Waals surface area (Å²) in [7, 11) is -1.86. The molecule has 128 valence electrons. The molecule has 0 heterocycles. The van der Waals surface area contributed by atoms with Gasteiger partial charge in [0.25, 0.3) is 0 Å². The van der Waals surface area contributed by atoms with Crippen LogP contribution in [0.15, 0.2) is 17.0 Å². The number of benzene rings is 1. The van der Waals surface area contributed by atoms with Crippen LogP contribution in [0.2, 0.25) is 0 Å². The minimum absolute atomic E-state index is 0.114. The van der Waals surface area contributed by atoms with Crippen molar-refractivity contribution in [2.75, 3.05) is 7.11 Å². The van der Waals surface area contributed by atoms with Crippen LogP contribution in [0.3, 0.4) is 0 Å². The van der Waals surface area contributed by atoms with E-state index in [1.807, 2.05) is 26.8 Å². The molecule has 0 radical (unpaired) electrons. The van der Waals surface area contributed by atoms with E-state index in [0.29, 0.717) is 10.8 Å². The smallest absolute Gasteiger partial charge is 0.241 e. The van der Waals surface area contributed by atoms with Crippen LogP contribution in [0.5, 0.6) is 5.75 Å². The van der Waals surface area contributed by atoms with Crippen molar-refractivity contribution in [2.45, 2.75) is 63.3 Å². The minimum atomic E-state index is -3.48. The number of hydrogen-bond donors (Lipinski definition) is 1. The molecule has 2 fully saturated rings. The van der Waals surface area contributed by atoms with Crippen LogP contribution >= 0.6 is 0 Å². The van der Waals surface area contributed by atoms with Crippen molar-refractivity contribution in [3.63, 3.8) is 0 Å². The number of rotatable bonds is 5. The van der Waals surface area contributed by atoms with Crippen LogP contribution in [0.4, 0.5) is 0 Å². The molecule has 0 amide bonds. The molecule has 0 spiro atoms. The van der Waals surface area contributed by atoms with Crippen LogP contribution in [-0.4, -0.2) is 21.6 Å². The molecular weight excluding hydrogens is 310 g/mol. The van der Waals surface area contributed by atoms with E-state index in [9.17, 15) is 8.42 Å². The average Bonchev–Trinajstić information content (AvgIpc) is 3.08. The summed E-state index contributed by atoms with van der Waals surface area (Å²) >= 11 is 0. The van der Waals surface area contributed by atoms with Gasteiger partial charge in [-0.1, -0.05) is 20.3 Å². The molecule has 23 heavy (non-hydrogen) atoms. The van der Waals surface area contributed by atoms with Gasteiger partial charge in [0.1, 0.15) is 5.75 Å². The summed E-state index contributed by atoms with van der Waals surface area (Å²) < 4.78 is 34.2. The van der Waals surface area contributed by atoms with Gasteiger partial charge in [-0.2, -0.15) is 0 Å². The van der Waals surface area contributed by atoms with E-state index in [2.05, 4.69) is 4.72 Å². The average molecular weight is 337 g/mol. The summed E-state index contributed by atoms with van der Waals surface area (Å²) in [4.78, 5) is 0.393. The largest absolute Gasteiger partial charge is 0.496 e. The van der Waals surface area contributed by atoms with Crippen molar-refractivity contribution in [1.82, 2.24) is 4.72 Å². The van der Waals surface area contributed by atoms with Crippen molar-refractivity contribution in [2.24, 2.45) is 11.8 Å². The lowest BCUT2D eigenvalue weighted by molar-refractivity contribution is 0.390. The Morgan fingerprint density at radius 3 is 2.48 bits per heavy atom. The number of methoxy groups -OCH3 is 1. The Balaban J connectivity index is 1.91. The van der Waals surface area contributed by atoms with Crippen LogP contribution < -0.4 is 9.46 Å². The van der Waals surface area contributed by atoms with Crippen molar-refractivity contribution in [3.8, 4) is 5.75 Å². The van der Waals surface area contributed by atoms with Crippen molar-refractivity contribution >= 4 is 10.0 Å². The van der Waals surface area contributed by atoms with Crippen molar-refractivity contribution in [3.05, 3.63) is 23.3 Å². The second kappa shape index (κ2) is 6.10. The Morgan fingerprint density at radius 2 is 1.96 bits per heavy atom. The molecule has 2 bridgehead atoms. The predicted octanol–water partition coefficient (Wildman–Crippen LogP) is 3.59. The van der Waals surface area contributed by atoms with Gasteiger partial charge in [0.15, 0.2) is 0 Å². The van der Waals surface area contributed by atoms with Crippen molar-refractivity contribution in [1.29, 1.82) is 0 Å². The first kappa shape index (κ1) is 16.8. The van der Waals surface area contributed by atoms with E-state index in [1.54, 1.807) is 13.2 Å². The van der Waals surface area contributed by atoms with E-state index in [-0.39, 0.29) is 12.0 Å². The Labute approximate surface area is 139 Å². The summed E-state index contributed by atoms with van der Waals surface area (Å²) in [5.74, 6) is 2.21. The molecule has 1 aromatic rings. The maximum atomic E-state index is 12.9. The molecule has 4 nitrogen and oxygen atoms in total. The van der Waals surface area contributed by atoms with Gasteiger partial charge in [-0.15, -0.1) is 0 Å². The first-order chi connectivity index (χ1) is 10.8. The van der Waals surface area contributed by atoms with Crippen LogP contribution in [0.1, 0.15) is 56.6 Å². The molecule has 0 unspecified atom stereocenters. The second-order valence-electron chi connectivity index (χ2n) is 7.42. The zero-order chi connectivity index (χ0) is 16.8. The summed E-state index contributed by atoms with van der Waals surface area (Å²) in [6.07, 6.45) is 4.61. The zero-order valence-corrected chi connectivity index (χ0v) is 15.2. The summed E-state index contributed by atoms with van der Waals surface area (Å²) in [6, 6.07) is 3.74. The first-order valence-corrected chi connectivity index (χ1v) is 10.0. The third-order valence-corrected chi connectivity index (χ3v) is 7.12. The number of hydrogen-bond acceptors (Lipinski definition) is 3. The molecule has 5 heteroatoms. The highest BCUT2D eigenvalue weighted by molar-refractivity contribution is 7.89. The third kappa shape index (κ3) is 3.13. The first-order valence-electron chi connectivity index (χ1n) is 8.52. The Bertz CT molecular complexity index is 696. The predicted molar refractivity (Wildman–Crippen MR) is 91.4 cm³/mol. The fourth-order valence-corrected chi connectivity index (χ4v) is 5.83. The highest BCUT2D eigenvalue weighted by Gasteiger charge is 2.41. The number of aryl methyl sites for hydroxylation is 1. The monoisotopic (exact) mass is 337 g/mol. The quantitative estimate of drug-likeness (QED) is 0.893. The van der Waals surface area contributed by atoms with Crippen molar-refractivity contribution < 1.29 is 13.2 Å². The van der Waals surface area contributed by atoms with E-state index in [1.165, 1.54) is 12.8 Å². The van der Waals surface area contributed by atoms with E-state index < -0.39 is 10.0 Å². The number of nitrogens with one attached hydrogen (secondary N) is 1. The topological polar surface area (TPSA) is 55.4 Å². The molecule has 0 aliphatic heterocycles. The van der Waals surface area contributed by atoms with Gasteiger partial charge in [-0.05, 0) is 67.2 Å². The van der Waals surface area contributed by atoms with Crippen LogP contribution in [0.25, 0.3) is 0 Å². The molecule has 1 aromatic carbocycles. The fraction of sp³-hybridized carbons (Fsp3) is 0.667. The van der Waals surface area contributed by atoms with Gasteiger partial charge in [0.2, 0.25) is 10.0 Å². The molecule has 2 saturated carbocycles. The Morgan fingerprint density at radius 1 is 1.22 bits per heavy atom. The van der Waals surface area contributed by atoms with Crippen LogP contribution in [0, 0.1) is 18.8 Å². The number of sulfonamides is 1. The van der Waals surface area contributed by atoms with Gasteiger partial charge in [-0.25, -0.2) is 13.1 Å². The van der Waals surface area contributed by atoms with Gasteiger partial charge in [-0.3, -0.25) is 0 Å². The van der Waals surface area contributed by atoms with Crippen LogP contribution in [-0.2, 0) is 10.0 Å². The third-order valence-electron chi connectivity index (χ3n) is 5.48. The molecule has 2 aliphatic carbocycles. The zero-order valence-electron chi connectivity index (χ0n) is 14.4. The summed E-state index contributed by atoms with van der Waals surface area (Å²) in [6.45, 7) is 5.93. The minimum Gasteiger partial charge on any atom is -0.496 e. The van der Waals surface area contributed by atoms with Gasteiger partial charge in [0, 0.05) is 6.04 Å². The molecule has 2 aliphatic rings. The summed E-state index contributed by atoms with van der Waals surface area (Å²) in [5.41, 5.74) is 1.67. The Hall–Kier alpha value is -1.07. The maximum absolute atomic E-state index is 12.9. The standard InChI is InChI=1S/C18H27NO3S/c1-11(2)15-10-18(12(3)7-17(15)22-4)23(20,21)19-16-9-13-5-6-14(16)8-13/h7,10-11,13-14,16,19H,5-6,8-9H2,1-4H3/t13-,14-,16-/m1/s1. The highest BCUT2D eigenvalue weighted by Crippen LogP contribution is 2.45. The van der Waals surface area contributed by atoms with Gasteiger partial charge >= 0.3 is 0 Å². The normalized spacial score (nSPS) is 26.9. The molecule has 3 atom stereocenters. The lowest BCUT2D eigenvalue weighted by atomic mass is 9.96. The van der Waals surface area contributed by atoms with Gasteiger partial charge < -0.3 is 4.74 Å². The van der Waals surface area contributed by atoms with E-state index in [0.717, 1.165) is 35.6 Å². The molecule has 3 rings (SSSR count).